The van der Waals surface area contributed by atoms with Gasteiger partial charge in [-0.25, -0.2) is 9.97 Å². The highest BCUT2D eigenvalue weighted by atomic mass is 16.5. The van der Waals surface area contributed by atoms with Crippen molar-refractivity contribution in [3.05, 3.63) is 60.4 Å². The van der Waals surface area contributed by atoms with Gasteiger partial charge in [-0.05, 0) is 36.2 Å². The van der Waals surface area contributed by atoms with Crippen LogP contribution in [0.2, 0.25) is 0 Å². The van der Waals surface area contributed by atoms with E-state index in [2.05, 4.69) is 21.4 Å². The summed E-state index contributed by atoms with van der Waals surface area (Å²) in [4.78, 5) is 8.58. The van der Waals surface area contributed by atoms with Crippen LogP contribution in [0.25, 0.3) is 10.9 Å². The predicted molar refractivity (Wildman–Crippen MR) is 93.6 cm³/mol. The van der Waals surface area contributed by atoms with Crippen LogP contribution in [0.1, 0.15) is 18.9 Å². The number of para-hydroxylation sites is 1. The van der Waals surface area contributed by atoms with Gasteiger partial charge >= 0.3 is 0 Å². The van der Waals surface area contributed by atoms with E-state index in [0.717, 1.165) is 22.3 Å². The van der Waals surface area contributed by atoms with Gasteiger partial charge in [-0.3, -0.25) is 0 Å². The first-order chi connectivity index (χ1) is 11.8. The third-order valence-electron chi connectivity index (χ3n) is 3.69. The zero-order valence-electron chi connectivity index (χ0n) is 13.4. The minimum atomic E-state index is -0.418. The molecule has 1 N–H and O–H groups in total. The van der Waals surface area contributed by atoms with Gasteiger partial charge in [0, 0.05) is 11.9 Å². The Kier molecular flexibility index (Phi) is 4.87. The fourth-order valence-electron chi connectivity index (χ4n) is 2.43. The zero-order valence-corrected chi connectivity index (χ0v) is 13.4. The Labute approximate surface area is 140 Å². The molecular formula is C19H18N4O. The maximum Gasteiger partial charge on any atom is 0.184 e. The summed E-state index contributed by atoms with van der Waals surface area (Å²) >= 11 is 0. The second-order valence-electron chi connectivity index (χ2n) is 5.38. The van der Waals surface area contributed by atoms with Gasteiger partial charge in [-0.2, -0.15) is 5.26 Å². The molecule has 0 fully saturated rings. The maximum atomic E-state index is 9.01. The van der Waals surface area contributed by atoms with E-state index in [1.807, 2.05) is 55.5 Å². The van der Waals surface area contributed by atoms with E-state index in [0.29, 0.717) is 18.7 Å². The number of nitrogens with zero attached hydrogens (tertiary/aromatic N) is 3. The Hall–Kier alpha value is -3.13. The lowest BCUT2D eigenvalue weighted by Crippen LogP contribution is -2.12. The number of rotatable bonds is 6. The Morgan fingerprint density at radius 3 is 2.88 bits per heavy atom. The molecule has 2 aromatic carbocycles. The first kappa shape index (κ1) is 15.8. The van der Waals surface area contributed by atoms with E-state index < -0.39 is 6.10 Å². The lowest BCUT2D eigenvalue weighted by molar-refractivity contribution is 0.251. The Balaban J connectivity index is 1.74. The van der Waals surface area contributed by atoms with Crippen molar-refractivity contribution in [3.63, 3.8) is 0 Å². The van der Waals surface area contributed by atoms with Crippen LogP contribution in [0, 0.1) is 11.3 Å². The fraction of sp³-hybridized carbons (Fsp3) is 0.211. The largest absolute Gasteiger partial charge is 0.476 e. The topological polar surface area (TPSA) is 70.8 Å². The number of ether oxygens (including phenoxy) is 1. The first-order valence-electron chi connectivity index (χ1n) is 7.89. The number of nitriles is 1. The molecule has 0 bridgehead atoms. The van der Waals surface area contributed by atoms with Gasteiger partial charge in [0.05, 0.1) is 5.52 Å². The number of fused-ring (bicyclic) bond motifs is 1. The summed E-state index contributed by atoms with van der Waals surface area (Å²) in [5.41, 5.74) is 1.97. The Morgan fingerprint density at radius 1 is 1.17 bits per heavy atom. The normalized spacial score (nSPS) is 11.7. The SMILES string of the molecule is CCC(C#N)Oc1cccc(CNc2ncnc3ccccc23)c1. The maximum absolute atomic E-state index is 9.01. The molecule has 0 aliphatic carbocycles. The van der Waals surface area contributed by atoms with Crippen LogP contribution in [-0.2, 0) is 6.54 Å². The highest BCUT2D eigenvalue weighted by Crippen LogP contribution is 2.20. The Bertz CT molecular complexity index is 867. The molecule has 24 heavy (non-hydrogen) atoms. The number of hydrogen-bond acceptors (Lipinski definition) is 5. The summed E-state index contributed by atoms with van der Waals surface area (Å²) in [7, 11) is 0. The summed E-state index contributed by atoms with van der Waals surface area (Å²) in [6.07, 6.45) is 1.80. The van der Waals surface area contributed by atoms with E-state index in [9.17, 15) is 0 Å². The number of hydrogen-bond donors (Lipinski definition) is 1. The summed E-state index contributed by atoms with van der Waals surface area (Å²) in [5, 5.41) is 13.3. The van der Waals surface area contributed by atoms with Crippen molar-refractivity contribution in [3.8, 4) is 11.8 Å². The van der Waals surface area contributed by atoms with Gasteiger partial charge in [0.15, 0.2) is 6.10 Å². The molecule has 0 amide bonds. The first-order valence-corrected chi connectivity index (χ1v) is 7.89. The van der Waals surface area contributed by atoms with Crippen LogP contribution in [0.15, 0.2) is 54.9 Å². The molecule has 5 nitrogen and oxygen atoms in total. The van der Waals surface area contributed by atoms with Crippen LogP contribution < -0.4 is 10.1 Å². The van der Waals surface area contributed by atoms with Gasteiger partial charge in [0.25, 0.3) is 0 Å². The molecule has 120 valence electrons. The monoisotopic (exact) mass is 318 g/mol. The quantitative estimate of drug-likeness (QED) is 0.746. The number of nitrogens with one attached hydrogen (secondary N) is 1. The van der Waals surface area contributed by atoms with Crippen molar-refractivity contribution in [2.75, 3.05) is 5.32 Å². The van der Waals surface area contributed by atoms with Crippen LogP contribution in [-0.4, -0.2) is 16.1 Å². The highest BCUT2D eigenvalue weighted by molar-refractivity contribution is 5.88. The summed E-state index contributed by atoms with van der Waals surface area (Å²) in [6.45, 7) is 2.54. The number of benzene rings is 2. The van der Waals surface area contributed by atoms with E-state index in [1.54, 1.807) is 6.33 Å². The minimum Gasteiger partial charge on any atom is -0.476 e. The molecule has 5 heteroatoms. The second-order valence-corrected chi connectivity index (χ2v) is 5.38. The van der Waals surface area contributed by atoms with Crippen LogP contribution in [0.5, 0.6) is 5.75 Å². The van der Waals surface area contributed by atoms with Gasteiger partial charge in [-0.15, -0.1) is 0 Å². The van der Waals surface area contributed by atoms with Crippen LogP contribution in [0.3, 0.4) is 0 Å². The van der Waals surface area contributed by atoms with Crippen molar-refractivity contribution in [2.45, 2.75) is 26.0 Å². The molecule has 3 rings (SSSR count). The molecule has 0 saturated heterocycles. The Morgan fingerprint density at radius 2 is 2.04 bits per heavy atom. The van der Waals surface area contributed by atoms with Crippen molar-refractivity contribution >= 4 is 16.7 Å². The van der Waals surface area contributed by atoms with E-state index in [-0.39, 0.29) is 0 Å². The van der Waals surface area contributed by atoms with Crippen molar-refractivity contribution in [1.82, 2.24) is 9.97 Å². The lowest BCUT2D eigenvalue weighted by Gasteiger charge is -2.12. The third-order valence-corrected chi connectivity index (χ3v) is 3.69. The molecule has 1 heterocycles. The van der Waals surface area contributed by atoms with E-state index in [1.165, 1.54) is 0 Å². The summed E-state index contributed by atoms with van der Waals surface area (Å²) in [5.74, 6) is 1.51. The van der Waals surface area contributed by atoms with Gasteiger partial charge in [0.2, 0.25) is 0 Å². The minimum absolute atomic E-state index is 0.418. The van der Waals surface area contributed by atoms with Crippen LogP contribution >= 0.6 is 0 Å². The second kappa shape index (κ2) is 7.42. The third kappa shape index (κ3) is 3.61. The average molecular weight is 318 g/mol. The van der Waals surface area contributed by atoms with Gasteiger partial charge in [0.1, 0.15) is 24.0 Å². The molecule has 0 saturated carbocycles. The predicted octanol–water partition coefficient (Wildman–Crippen LogP) is 3.92. The summed E-state index contributed by atoms with van der Waals surface area (Å²) < 4.78 is 5.66. The molecule has 0 aliphatic heterocycles. The smallest absolute Gasteiger partial charge is 0.184 e. The summed E-state index contributed by atoms with van der Waals surface area (Å²) in [6, 6.07) is 17.8. The lowest BCUT2D eigenvalue weighted by atomic mass is 10.2. The molecule has 1 unspecified atom stereocenters. The van der Waals surface area contributed by atoms with Crippen LogP contribution in [0.4, 0.5) is 5.82 Å². The van der Waals surface area contributed by atoms with Crippen molar-refractivity contribution in [1.29, 1.82) is 5.26 Å². The van der Waals surface area contributed by atoms with Gasteiger partial charge in [-0.1, -0.05) is 31.2 Å². The van der Waals surface area contributed by atoms with E-state index >= 15 is 0 Å². The van der Waals surface area contributed by atoms with E-state index in [4.69, 9.17) is 10.00 Å². The molecule has 0 spiro atoms. The van der Waals surface area contributed by atoms with Gasteiger partial charge < -0.3 is 10.1 Å². The highest BCUT2D eigenvalue weighted by Gasteiger charge is 2.07. The molecule has 1 atom stereocenters. The molecule has 3 aromatic rings. The number of aromatic nitrogens is 2. The molecule has 1 aromatic heterocycles. The van der Waals surface area contributed by atoms with Crippen molar-refractivity contribution < 1.29 is 4.74 Å². The number of anilines is 1. The standard InChI is InChI=1S/C19H18N4O/c1-2-15(11-20)24-16-7-5-6-14(10-16)12-21-19-17-8-3-4-9-18(17)22-13-23-19/h3-10,13,15H,2,12H2,1H3,(H,21,22,23). The zero-order chi connectivity index (χ0) is 16.8. The fourth-order valence-corrected chi connectivity index (χ4v) is 2.43. The van der Waals surface area contributed by atoms with Crippen molar-refractivity contribution in [2.24, 2.45) is 0 Å². The molecular weight excluding hydrogens is 300 g/mol. The molecule has 0 radical (unpaired) electrons. The molecule has 0 aliphatic rings. The average Bonchev–Trinajstić information content (AvgIpc) is 2.64.